The zero-order valence-electron chi connectivity index (χ0n) is 10.7. The van der Waals surface area contributed by atoms with Crippen molar-refractivity contribution < 1.29 is 18.3 Å². The third kappa shape index (κ3) is 5.57. The van der Waals surface area contributed by atoms with E-state index in [2.05, 4.69) is 0 Å². The minimum Gasteiger partial charge on any atom is -0.465 e. The Balaban J connectivity index is 2.31. The van der Waals surface area contributed by atoms with Gasteiger partial charge in [-0.3, -0.25) is 4.79 Å². The lowest BCUT2D eigenvalue weighted by Gasteiger charge is -2.10. The average molecular weight is 289 g/mol. The summed E-state index contributed by atoms with van der Waals surface area (Å²) in [7, 11) is 0. The fourth-order valence-corrected chi connectivity index (χ4v) is 2.42. The van der Waals surface area contributed by atoms with Crippen LogP contribution < -0.4 is 5.73 Å². The molecule has 0 aliphatic heterocycles. The molecule has 19 heavy (non-hydrogen) atoms. The summed E-state index contributed by atoms with van der Waals surface area (Å²) >= 11 is 1.40. The second-order valence-electron chi connectivity index (χ2n) is 3.94. The van der Waals surface area contributed by atoms with Crippen LogP contribution in [-0.2, 0) is 15.3 Å². The van der Waals surface area contributed by atoms with Crippen LogP contribution >= 0.6 is 11.8 Å². The summed E-state index contributed by atoms with van der Waals surface area (Å²) in [6, 6.07) is 2.70. The van der Waals surface area contributed by atoms with Crippen molar-refractivity contribution in [3.05, 3.63) is 35.4 Å². The van der Waals surface area contributed by atoms with Crippen molar-refractivity contribution in [2.75, 3.05) is 12.4 Å². The normalized spacial score (nSPS) is 12.2. The molecular formula is C13H17F2NO2S. The van der Waals surface area contributed by atoms with E-state index in [-0.39, 0.29) is 0 Å². The fraction of sp³-hybridized carbons (Fsp3) is 0.462. The Morgan fingerprint density at radius 1 is 1.47 bits per heavy atom. The molecule has 1 aromatic carbocycles. The fourth-order valence-electron chi connectivity index (χ4n) is 1.41. The van der Waals surface area contributed by atoms with Gasteiger partial charge < -0.3 is 10.5 Å². The van der Waals surface area contributed by atoms with Gasteiger partial charge in [0.25, 0.3) is 0 Å². The lowest BCUT2D eigenvalue weighted by atomic mass is 10.2. The molecule has 0 spiro atoms. The summed E-state index contributed by atoms with van der Waals surface area (Å²) in [6.45, 7) is 2.01. The van der Waals surface area contributed by atoms with Crippen molar-refractivity contribution in [1.82, 2.24) is 0 Å². The number of ether oxygens (including phenoxy) is 1. The number of carbonyl (C=O) groups is 1. The largest absolute Gasteiger partial charge is 0.465 e. The van der Waals surface area contributed by atoms with Gasteiger partial charge >= 0.3 is 5.97 Å². The van der Waals surface area contributed by atoms with Crippen molar-refractivity contribution in [2.45, 2.75) is 25.1 Å². The molecule has 106 valence electrons. The summed E-state index contributed by atoms with van der Waals surface area (Å²) in [4.78, 5) is 11.2. The van der Waals surface area contributed by atoms with Crippen LogP contribution in [0, 0.1) is 11.6 Å². The van der Waals surface area contributed by atoms with E-state index in [1.807, 2.05) is 0 Å². The Morgan fingerprint density at radius 3 is 2.89 bits per heavy atom. The molecule has 6 heteroatoms. The maximum atomic E-state index is 13.3. The molecule has 0 amide bonds. The zero-order chi connectivity index (χ0) is 14.3. The van der Waals surface area contributed by atoms with Crippen LogP contribution in [0.15, 0.2) is 18.2 Å². The van der Waals surface area contributed by atoms with E-state index in [9.17, 15) is 13.6 Å². The van der Waals surface area contributed by atoms with Gasteiger partial charge in [0.2, 0.25) is 0 Å². The summed E-state index contributed by atoms with van der Waals surface area (Å²) < 4.78 is 31.0. The van der Waals surface area contributed by atoms with E-state index in [4.69, 9.17) is 10.5 Å². The van der Waals surface area contributed by atoms with Gasteiger partial charge in [0, 0.05) is 11.3 Å². The predicted octanol–water partition coefficient (Wildman–Crippen LogP) is 2.48. The molecule has 0 radical (unpaired) electrons. The molecule has 2 N–H and O–H groups in total. The third-order valence-corrected chi connectivity index (χ3v) is 3.47. The quantitative estimate of drug-likeness (QED) is 0.619. The molecular weight excluding hydrogens is 272 g/mol. The first-order chi connectivity index (χ1) is 9.04. The molecule has 0 aromatic heterocycles. The van der Waals surface area contributed by atoms with E-state index < -0.39 is 23.6 Å². The maximum Gasteiger partial charge on any atom is 0.322 e. The molecule has 0 saturated heterocycles. The lowest BCUT2D eigenvalue weighted by Crippen LogP contribution is -2.32. The number of benzene rings is 1. The molecule has 0 fully saturated rings. The zero-order valence-corrected chi connectivity index (χ0v) is 11.5. The number of rotatable bonds is 7. The second kappa shape index (κ2) is 8.12. The average Bonchev–Trinajstić information content (AvgIpc) is 2.38. The number of hydrogen-bond donors (Lipinski definition) is 1. The first kappa shape index (κ1) is 15.9. The molecule has 0 aliphatic rings. The van der Waals surface area contributed by atoms with Gasteiger partial charge in [-0.15, -0.1) is 0 Å². The van der Waals surface area contributed by atoms with Crippen LogP contribution in [0.1, 0.15) is 18.9 Å². The van der Waals surface area contributed by atoms with Gasteiger partial charge in [0.1, 0.15) is 17.7 Å². The van der Waals surface area contributed by atoms with Crippen LogP contribution in [0.5, 0.6) is 0 Å². The van der Waals surface area contributed by atoms with Crippen molar-refractivity contribution in [2.24, 2.45) is 5.73 Å². The first-order valence-electron chi connectivity index (χ1n) is 5.98. The standard InChI is InChI=1S/C13H17F2NO2S/c1-2-18-13(17)12(16)5-6-19-8-9-7-10(14)3-4-11(9)15/h3-4,7,12H,2,5-6,8,16H2,1H3. The third-order valence-electron chi connectivity index (χ3n) is 2.43. The molecule has 0 aliphatic carbocycles. The maximum absolute atomic E-state index is 13.3. The second-order valence-corrected chi connectivity index (χ2v) is 5.04. The molecule has 1 atom stereocenters. The monoisotopic (exact) mass is 289 g/mol. The van der Waals surface area contributed by atoms with Gasteiger partial charge in [0.05, 0.1) is 6.61 Å². The number of carbonyl (C=O) groups excluding carboxylic acids is 1. The Bertz CT molecular complexity index is 429. The van der Waals surface area contributed by atoms with Gasteiger partial charge in [-0.2, -0.15) is 11.8 Å². The number of nitrogens with two attached hydrogens (primary N) is 1. The highest BCUT2D eigenvalue weighted by Gasteiger charge is 2.14. The number of esters is 1. The van der Waals surface area contributed by atoms with Crippen LogP contribution in [0.25, 0.3) is 0 Å². The van der Waals surface area contributed by atoms with Gasteiger partial charge in [-0.05, 0) is 37.3 Å². The van der Waals surface area contributed by atoms with E-state index in [1.54, 1.807) is 6.92 Å². The minimum absolute atomic E-state index is 0.300. The lowest BCUT2D eigenvalue weighted by molar-refractivity contribution is -0.144. The number of halogens is 2. The van der Waals surface area contributed by atoms with Gasteiger partial charge in [0.15, 0.2) is 0 Å². The highest BCUT2D eigenvalue weighted by Crippen LogP contribution is 2.18. The molecule has 0 heterocycles. The summed E-state index contributed by atoms with van der Waals surface area (Å²) in [5, 5.41) is 0. The summed E-state index contributed by atoms with van der Waals surface area (Å²) in [5.74, 6) is -0.390. The Labute approximate surface area is 115 Å². The summed E-state index contributed by atoms with van der Waals surface area (Å²) in [5.41, 5.74) is 5.93. The Hall–Kier alpha value is -1.14. The molecule has 0 bridgehead atoms. The Morgan fingerprint density at radius 2 is 2.21 bits per heavy atom. The molecule has 1 rings (SSSR count). The van der Waals surface area contributed by atoms with Crippen LogP contribution in [0.4, 0.5) is 8.78 Å². The van der Waals surface area contributed by atoms with Crippen LogP contribution in [0.2, 0.25) is 0 Å². The smallest absolute Gasteiger partial charge is 0.322 e. The van der Waals surface area contributed by atoms with Crippen molar-refractivity contribution in [3.63, 3.8) is 0 Å². The SMILES string of the molecule is CCOC(=O)C(N)CCSCc1cc(F)ccc1F. The predicted molar refractivity (Wildman–Crippen MR) is 71.7 cm³/mol. The van der Waals surface area contributed by atoms with E-state index in [0.717, 1.165) is 12.1 Å². The van der Waals surface area contributed by atoms with Crippen LogP contribution in [-0.4, -0.2) is 24.4 Å². The Kier molecular flexibility index (Phi) is 6.80. The topological polar surface area (TPSA) is 52.3 Å². The van der Waals surface area contributed by atoms with Gasteiger partial charge in [-0.25, -0.2) is 8.78 Å². The summed E-state index contributed by atoms with van der Waals surface area (Å²) in [6.07, 6.45) is 0.445. The molecule has 0 saturated carbocycles. The van der Waals surface area contributed by atoms with Crippen molar-refractivity contribution in [1.29, 1.82) is 0 Å². The van der Waals surface area contributed by atoms with Crippen molar-refractivity contribution in [3.8, 4) is 0 Å². The molecule has 3 nitrogen and oxygen atoms in total. The van der Waals surface area contributed by atoms with E-state index in [1.165, 1.54) is 17.8 Å². The first-order valence-corrected chi connectivity index (χ1v) is 7.14. The molecule has 1 aromatic rings. The van der Waals surface area contributed by atoms with Crippen molar-refractivity contribution >= 4 is 17.7 Å². The number of hydrogen-bond acceptors (Lipinski definition) is 4. The number of thioether (sulfide) groups is 1. The van der Waals surface area contributed by atoms with E-state index in [0.29, 0.717) is 30.1 Å². The molecule has 1 unspecified atom stereocenters. The van der Waals surface area contributed by atoms with E-state index >= 15 is 0 Å². The highest BCUT2D eigenvalue weighted by atomic mass is 32.2. The van der Waals surface area contributed by atoms with Gasteiger partial charge in [-0.1, -0.05) is 0 Å². The highest BCUT2D eigenvalue weighted by molar-refractivity contribution is 7.98. The minimum atomic E-state index is -0.662. The van der Waals surface area contributed by atoms with Crippen LogP contribution in [0.3, 0.4) is 0 Å².